The minimum absolute atomic E-state index is 0. The van der Waals surface area contributed by atoms with Gasteiger partial charge in [-0.2, -0.15) is 0 Å². The summed E-state index contributed by atoms with van der Waals surface area (Å²) in [6, 6.07) is 9.88. The maximum absolute atomic E-state index is 5.51. The molecule has 0 bridgehead atoms. The van der Waals surface area contributed by atoms with Gasteiger partial charge >= 0.3 is 0 Å². The van der Waals surface area contributed by atoms with E-state index in [9.17, 15) is 0 Å². The van der Waals surface area contributed by atoms with Crippen LogP contribution >= 0.6 is 0 Å². The fourth-order valence-corrected chi connectivity index (χ4v) is 1.10. The van der Waals surface area contributed by atoms with Gasteiger partial charge in [-0.1, -0.05) is 31.7 Å². The highest BCUT2D eigenvalue weighted by Gasteiger charge is 1.91. The molecular formula is C10H12N2. The van der Waals surface area contributed by atoms with Crippen LogP contribution in [0.3, 0.4) is 0 Å². The fraction of sp³-hybridized carbons (Fsp3) is 0.100. The van der Waals surface area contributed by atoms with Crippen molar-refractivity contribution in [2.75, 3.05) is 5.73 Å². The molecule has 2 heteroatoms. The molecule has 0 spiro atoms. The quantitative estimate of drug-likeness (QED) is 0.643. The highest BCUT2D eigenvalue weighted by molar-refractivity contribution is 5.83. The maximum Gasteiger partial charge on any atom is 0.123 e. The summed E-state index contributed by atoms with van der Waals surface area (Å²) in [5.74, 6) is 0.573. The van der Waals surface area contributed by atoms with Gasteiger partial charge in [0.05, 0.1) is 0 Å². The van der Waals surface area contributed by atoms with E-state index in [0.29, 0.717) is 5.82 Å². The zero-order chi connectivity index (χ0) is 7.68. The number of nitrogens with zero attached hydrogens (tertiary/aromatic N) is 1. The smallest absolute Gasteiger partial charge is 0.123 e. The highest BCUT2D eigenvalue weighted by Crippen LogP contribution is 2.13. The van der Waals surface area contributed by atoms with Crippen LogP contribution in [0.1, 0.15) is 7.43 Å². The normalized spacial score (nSPS) is 9.33. The van der Waals surface area contributed by atoms with Gasteiger partial charge in [0.15, 0.2) is 0 Å². The van der Waals surface area contributed by atoms with Gasteiger partial charge in [-0.05, 0) is 11.5 Å². The standard InChI is InChI=1S/C9H8N2.CH4/c10-9-5-7-3-1-2-4-8(7)6-11-9;/h1-6H,(H2,10,11);1H4. The number of anilines is 1. The van der Waals surface area contributed by atoms with E-state index in [-0.39, 0.29) is 7.43 Å². The Balaban J connectivity index is 0.000000720. The molecule has 2 N–H and O–H groups in total. The molecule has 0 unspecified atom stereocenters. The van der Waals surface area contributed by atoms with Crippen LogP contribution in [0.5, 0.6) is 0 Å². The van der Waals surface area contributed by atoms with Crippen molar-refractivity contribution in [1.29, 1.82) is 0 Å². The van der Waals surface area contributed by atoms with E-state index >= 15 is 0 Å². The average molecular weight is 160 g/mol. The summed E-state index contributed by atoms with van der Waals surface area (Å²) in [5.41, 5.74) is 5.51. The summed E-state index contributed by atoms with van der Waals surface area (Å²) in [4.78, 5) is 3.99. The largest absolute Gasteiger partial charge is 0.384 e. The molecule has 0 saturated carbocycles. The van der Waals surface area contributed by atoms with Crippen LogP contribution in [-0.2, 0) is 0 Å². The number of nitrogen functional groups attached to an aromatic ring is 1. The Hall–Kier alpha value is -1.57. The number of fused-ring (bicyclic) bond motifs is 1. The number of rotatable bonds is 0. The number of hydrogen-bond acceptors (Lipinski definition) is 2. The second kappa shape index (κ2) is 3.22. The SMILES string of the molecule is C.Nc1cc2ccccc2cn1. The summed E-state index contributed by atoms with van der Waals surface area (Å²) in [7, 11) is 0. The van der Waals surface area contributed by atoms with Gasteiger partial charge < -0.3 is 5.73 Å². The van der Waals surface area contributed by atoms with E-state index in [0.717, 1.165) is 10.8 Å². The van der Waals surface area contributed by atoms with Crippen molar-refractivity contribution in [1.82, 2.24) is 4.98 Å². The lowest BCUT2D eigenvalue weighted by Gasteiger charge is -1.96. The summed E-state index contributed by atoms with van der Waals surface area (Å²) < 4.78 is 0. The van der Waals surface area contributed by atoms with Crippen LogP contribution < -0.4 is 5.73 Å². The molecule has 1 aromatic carbocycles. The maximum atomic E-state index is 5.51. The third kappa shape index (κ3) is 1.37. The van der Waals surface area contributed by atoms with Crippen molar-refractivity contribution in [3.63, 3.8) is 0 Å². The summed E-state index contributed by atoms with van der Waals surface area (Å²) in [5, 5.41) is 2.27. The minimum atomic E-state index is 0. The van der Waals surface area contributed by atoms with Crippen LogP contribution in [0.2, 0.25) is 0 Å². The number of benzene rings is 1. The second-order valence-electron chi connectivity index (χ2n) is 2.46. The van der Waals surface area contributed by atoms with E-state index in [4.69, 9.17) is 5.73 Å². The van der Waals surface area contributed by atoms with Gasteiger partial charge in [0.25, 0.3) is 0 Å². The van der Waals surface area contributed by atoms with Crippen molar-refractivity contribution < 1.29 is 0 Å². The zero-order valence-electron chi connectivity index (χ0n) is 5.99. The first-order valence-corrected chi connectivity index (χ1v) is 3.46. The predicted octanol–water partition coefficient (Wildman–Crippen LogP) is 2.45. The molecule has 2 rings (SSSR count). The topological polar surface area (TPSA) is 38.9 Å². The lowest BCUT2D eigenvalue weighted by atomic mass is 10.2. The van der Waals surface area contributed by atoms with Crippen molar-refractivity contribution >= 4 is 16.6 Å². The van der Waals surface area contributed by atoms with E-state index < -0.39 is 0 Å². The van der Waals surface area contributed by atoms with Crippen molar-refractivity contribution in [3.05, 3.63) is 36.5 Å². The molecule has 2 nitrogen and oxygen atoms in total. The Bertz CT molecular complexity index is 382. The van der Waals surface area contributed by atoms with Crippen LogP contribution in [0.4, 0.5) is 5.82 Å². The first kappa shape index (κ1) is 8.53. The molecule has 1 aromatic heterocycles. The number of nitrogens with two attached hydrogens (primary N) is 1. The second-order valence-corrected chi connectivity index (χ2v) is 2.46. The molecule has 2 aromatic rings. The highest BCUT2D eigenvalue weighted by atomic mass is 14.8. The van der Waals surface area contributed by atoms with Crippen LogP contribution in [0, 0.1) is 0 Å². The van der Waals surface area contributed by atoms with Gasteiger partial charge in [-0.3, -0.25) is 0 Å². The molecule has 0 amide bonds. The number of aromatic nitrogens is 1. The van der Waals surface area contributed by atoms with E-state index in [2.05, 4.69) is 4.98 Å². The Kier molecular flexibility index (Phi) is 2.29. The van der Waals surface area contributed by atoms with E-state index in [1.54, 1.807) is 6.20 Å². The first-order chi connectivity index (χ1) is 5.36. The third-order valence-electron chi connectivity index (χ3n) is 1.65. The summed E-state index contributed by atoms with van der Waals surface area (Å²) in [6.45, 7) is 0. The number of hydrogen-bond donors (Lipinski definition) is 1. The Morgan fingerprint density at radius 2 is 1.75 bits per heavy atom. The van der Waals surface area contributed by atoms with Gasteiger partial charge in [0, 0.05) is 11.6 Å². The molecule has 0 atom stereocenters. The molecule has 62 valence electrons. The van der Waals surface area contributed by atoms with E-state index in [1.165, 1.54) is 0 Å². The fourth-order valence-electron chi connectivity index (χ4n) is 1.10. The molecule has 0 radical (unpaired) electrons. The monoisotopic (exact) mass is 160 g/mol. The summed E-state index contributed by atoms with van der Waals surface area (Å²) >= 11 is 0. The average Bonchev–Trinajstić information content (AvgIpc) is 2.04. The van der Waals surface area contributed by atoms with Gasteiger partial charge in [0.2, 0.25) is 0 Å². The van der Waals surface area contributed by atoms with Crippen LogP contribution in [0.25, 0.3) is 10.8 Å². The van der Waals surface area contributed by atoms with Crippen molar-refractivity contribution in [3.8, 4) is 0 Å². The molecule has 12 heavy (non-hydrogen) atoms. The zero-order valence-corrected chi connectivity index (χ0v) is 5.99. The Morgan fingerprint density at radius 3 is 2.50 bits per heavy atom. The molecule has 0 aliphatic carbocycles. The van der Waals surface area contributed by atoms with E-state index in [1.807, 2.05) is 30.3 Å². The molecule has 0 aliphatic rings. The van der Waals surface area contributed by atoms with Crippen molar-refractivity contribution in [2.45, 2.75) is 7.43 Å². The molecule has 1 heterocycles. The molecule has 0 fully saturated rings. The summed E-state index contributed by atoms with van der Waals surface area (Å²) in [6.07, 6.45) is 1.78. The molecular weight excluding hydrogens is 148 g/mol. The predicted molar refractivity (Wildman–Crippen MR) is 52.9 cm³/mol. The van der Waals surface area contributed by atoms with Gasteiger partial charge in [-0.15, -0.1) is 0 Å². The van der Waals surface area contributed by atoms with Crippen LogP contribution in [-0.4, -0.2) is 4.98 Å². The third-order valence-corrected chi connectivity index (χ3v) is 1.65. The Labute approximate surface area is 72.0 Å². The van der Waals surface area contributed by atoms with Crippen LogP contribution in [0.15, 0.2) is 36.5 Å². The molecule has 0 saturated heterocycles. The number of pyridine rings is 1. The molecule has 0 aliphatic heterocycles. The van der Waals surface area contributed by atoms with Gasteiger partial charge in [-0.25, -0.2) is 4.98 Å². The lowest BCUT2D eigenvalue weighted by Crippen LogP contribution is -1.87. The van der Waals surface area contributed by atoms with Crippen molar-refractivity contribution in [2.24, 2.45) is 0 Å². The Morgan fingerprint density at radius 1 is 1.08 bits per heavy atom. The lowest BCUT2D eigenvalue weighted by molar-refractivity contribution is 1.37. The minimum Gasteiger partial charge on any atom is -0.384 e. The van der Waals surface area contributed by atoms with Gasteiger partial charge in [0.1, 0.15) is 5.82 Å². The first-order valence-electron chi connectivity index (χ1n) is 3.46.